The third-order valence-electron chi connectivity index (χ3n) is 3.83. The minimum Gasteiger partial charge on any atom is -0.349 e. The molecule has 0 amide bonds. The third-order valence-corrected chi connectivity index (χ3v) is 4.56. The van der Waals surface area contributed by atoms with Gasteiger partial charge in [0.2, 0.25) is 0 Å². The molecular weight excluding hydrogens is 320 g/mol. The molecule has 6 nitrogen and oxygen atoms in total. The molecule has 0 bridgehead atoms. The molecule has 3 aromatic rings. The van der Waals surface area contributed by atoms with Gasteiger partial charge in [-0.25, -0.2) is 19.3 Å². The van der Waals surface area contributed by atoms with Crippen molar-refractivity contribution in [3.05, 3.63) is 41.9 Å². The smallest absolute Gasteiger partial charge is 0.165 e. The molecule has 24 heavy (non-hydrogen) atoms. The zero-order valence-electron chi connectivity index (χ0n) is 14.3. The van der Waals surface area contributed by atoms with Gasteiger partial charge in [-0.1, -0.05) is 12.2 Å². The summed E-state index contributed by atoms with van der Waals surface area (Å²) < 4.78 is 6.28. The zero-order chi connectivity index (χ0) is 16.9. The number of hydrogen-bond donors (Lipinski definition) is 0. The van der Waals surface area contributed by atoms with Gasteiger partial charge in [-0.3, -0.25) is 0 Å². The summed E-state index contributed by atoms with van der Waals surface area (Å²) >= 11 is 1.52. The Morgan fingerprint density at radius 2 is 2.17 bits per heavy atom. The highest BCUT2D eigenvalue weighted by Gasteiger charge is 2.17. The first-order valence-electron chi connectivity index (χ1n) is 8.14. The summed E-state index contributed by atoms with van der Waals surface area (Å²) in [6.45, 7) is 7.96. The van der Waals surface area contributed by atoms with Crippen LogP contribution in [0.15, 0.2) is 37.1 Å². The van der Waals surface area contributed by atoms with Gasteiger partial charge in [0.15, 0.2) is 17.0 Å². The predicted molar refractivity (Wildman–Crippen MR) is 98.3 cm³/mol. The van der Waals surface area contributed by atoms with Crippen molar-refractivity contribution < 1.29 is 0 Å². The highest BCUT2D eigenvalue weighted by molar-refractivity contribution is 7.05. The molecule has 0 aliphatic heterocycles. The second-order valence-electron chi connectivity index (χ2n) is 5.87. The Kier molecular flexibility index (Phi) is 5.20. The SMILES string of the molecule is C/C=C/CCN(Cc1ccns1)c1ncnc2c1ncn2C(C)C. The molecule has 3 heterocycles. The number of allylic oxidation sites excluding steroid dienone is 1. The molecule has 0 saturated heterocycles. The molecule has 7 heteroatoms. The van der Waals surface area contributed by atoms with Crippen molar-refractivity contribution in [2.45, 2.75) is 39.8 Å². The lowest BCUT2D eigenvalue weighted by Crippen LogP contribution is -2.24. The number of fused-ring (bicyclic) bond motifs is 1. The third kappa shape index (κ3) is 3.46. The van der Waals surface area contributed by atoms with Gasteiger partial charge in [0.1, 0.15) is 6.33 Å². The maximum absolute atomic E-state index is 4.58. The van der Waals surface area contributed by atoms with Crippen LogP contribution in [0.25, 0.3) is 11.2 Å². The number of aromatic nitrogens is 5. The van der Waals surface area contributed by atoms with Crippen molar-refractivity contribution in [2.24, 2.45) is 0 Å². The fourth-order valence-corrected chi connectivity index (χ4v) is 3.21. The summed E-state index contributed by atoms with van der Waals surface area (Å²) in [7, 11) is 0. The van der Waals surface area contributed by atoms with Crippen LogP contribution in [0.2, 0.25) is 0 Å². The largest absolute Gasteiger partial charge is 0.349 e. The molecule has 0 spiro atoms. The number of nitrogens with zero attached hydrogens (tertiary/aromatic N) is 6. The highest BCUT2D eigenvalue weighted by Crippen LogP contribution is 2.25. The summed E-state index contributed by atoms with van der Waals surface area (Å²) in [5.41, 5.74) is 1.74. The van der Waals surface area contributed by atoms with E-state index in [1.807, 2.05) is 19.4 Å². The number of hydrogen-bond acceptors (Lipinski definition) is 6. The summed E-state index contributed by atoms with van der Waals surface area (Å²) in [5.74, 6) is 0.886. The molecule has 0 aromatic carbocycles. The van der Waals surface area contributed by atoms with Crippen LogP contribution in [0.1, 0.15) is 38.1 Å². The molecule has 0 saturated carbocycles. The van der Waals surface area contributed by atoms with Gasteiger partial charge in [0, 0.05) is 23.7 Å². The van der Waals surface area contributed by atoms with Gasteiger partial charge in [-0.15, -0.1) is 0 Å². The summed E-state index contributed by atoms with van der Waals surface area (Å²) in [6, 6.07) is 2.37. The van der Waals surface area contributed by atoms with Crippen molar-refractivity contribution in [1.29, 1.82) is 0 Å². The molecule has 126 valence electrons. The Hall–Kier alpha value is -2.28. The van der Waals surface area contributed by atoms with Gasteiger partial charge in [0.05, 0.1) is 12.9 Å². The van der Waals surface area contributed by atoms with Crippen molar-refractivity contribution in [2.75, 3.05) is 11.4 Å². The molecule has 0 atom stereocenters. The van der Waals surface area contributed by atoms with E-state index in [2.05, 4.69) is 60.9 Å². The first-order valence-corrected chi connectivity index (χ1v) is 8.91. The van der Waals surface area contributed by atoms with Crippen LogP contribution >= 0.6 is 11.5 Å². The topological polar surface area (TPSA) is 59.7 Å². The Balaban J connectivity index is 1.98. The molecular formula is C17H22N6S. The first kappa shape index (κ1) is 16.6. The maximum Gasteiger partial charge on any atom is 0.165 e. The van der Waals surface area contributed by atoms with E-state index in [4.69, 9.17) is 0 Å². The monoisotopic (exact) mass is 342 g/mol. The van der Waals surface area contributed by atoms with E-state index < -0.39 is 0 Å². The van der Waals surface area contributed by atoms with Crippen LogP contribution < -0.4 is 4.90 Å². The maximum atomic E-state index is 4.58. The van der Waals surface area contributed by atoms with E-state index in [9.17, 15) is 0 Å². The van der Waals surface area contributed by atoms with Crippen molar-refractivity contribution in [3.63, 3.8) is 0 Å². The van der Waals surface area contributed by atoms with E-state index >= 15 is 0 Å². The van der Waals surface area contributed by atoms with Gasteiger partial charge in [0.25, 0.3) is 0 Å². The Bertz CT molecular complexity index is 806. The van der Waals surface area contributed by atoms with Crippen LogP contribution in [-0.2, 0) is 6.54 Å². The van der Waals surface area contributed by atoms with E-state index in [1.165, 1.54) is 16.4 Å². The normalized spacial score (nSPS) is 11.8. The second-order valence-corrected chi connectivity index (χ2v) is 6.79. The summed E-state index contributed by atoms with van der Waals surface area (Å²) in [4.78, 5) is 17.0. The molecule has 0 aliphatic rings. The van der Waals surface area contributed by atoms with Crippen molar-refractivity contribution in [1.82, 2.24) is 23.9 Å². The number of imidazole rings is 1. The zero-order valence-corrected chi connectivity index (χ0v) is 15.1. The highest BCUT2D eigenvalue weighted by atomic mass is 32.1. The lowest BCUT2D eigenvalue weighted by Gasteiger charge is -2.22. The van der Waals surface area contributed by atoms with Crippen LogP contribution in [0, 0.1) is 0 Å². The number of anilines is 1. The summed E-state index contributed by atoms with van der Waals surface area (Å²) in [5, 5.41) is 0. The quantitative estimate of drug-likeness (QED) is 0.611. The molecule has 0 N–H and O–H groups in total. The minimum absolute atomic E-state index is 0.315. The molecule has 0 unspecified atom stereocenters. The Morgan fingerprint density at radius 3 is 2.88 bits per heavy atom. The second kappa shape index (κ2) is 7.53. The van der Waals surface area contributed by atoms with E-state index in [-0.39, 0.29) is 0 Å². The van der Waals surface area contributed by atoms with E-state index in [0.717, 1.165) is 36.5 Å². The fraction of sp³-hybridized carbons (Fsp3) is 0.412. The molecule has 0 fully saturated rings. The molecule has 3 aromatic heterocycles. The molecule has 3 rings (SSSR count). The standard InChI is InChI=1S/C17H22N6S/c1-4-5-6-9-22(10-14-7-8-21-24-14)16-15-17(19-11-18-16)23(12-20-15)13(2)3/h4-5,7-8,11-13H,6,9-10H2,1-3H3/b5-4+. The van der Waals surface area contributed by atoms with Crippen LogP contribution in [0.4, 0.5) is 5.82 Å². The van der Waals surface area contributed by atoms with Gasteiger partial charge in [-0.05, 0) is 44.8 Å². The van der Waals surface area contributed by atoms with Crippen molar-refractivity contribution >= 4 is 28.5 Å². The van der Waals surface area contributed by atoms with Crippen LogP contribution in [0.3, 0.4) is 0 Å². The predicted octanol–water partition coefficient (Wildman–Crippen LogP) is 3.84. The lowest BCUT2D eigenvalue weighted by molar-refractivity contribution is 0.612. The van der Waals surface area contributed by atoms with E-state index in [1.54, 1.807) is 6.33 Å². The van der Waals surface area contributed by atoms with Crippen molar-refractivity contribution in [3.8, 4) is 0 Å². The Morgan fingerprint density at radius 1 is 1.29 bits per heavy atom. The average Bonchev–Trinajstić information content (AvgIpc) is 3.23. The van der Waals surface area contributed by atoms with Gasteiger partial charge in [-0.2, -0.15) is 0 Å². The first-order chi connectivity index (χ1) is 11.7. The van der Waals surface area contributed by atoms with Crippen LogP contribution in [0.5, 0.6) is 0 Å². The minimum atomic E-state index is 0.315. The average molecular weight is 342 g/mol. The van der Waals surface area contributed by atoms with E-state index in [0.29, 0.717) is 6.04 Å². The van der Waals surface area contributed by atoms with Gasteiger partial charge >= 0.3 is 0 Å². The lowest BCUT2D eigenvalue weighted by atomic mass is 10.3. The van der Waals surface area contributed by atoms with Gasteiger partial charge < -0.3 is 9.47 Å². The summed E-state index contributed by atoms with van der Waals surface area (Å²) in [6.07, 6.45) is 10.5. The molecule has 0 radical (unpaired) electrons. The number of rotatable bonds is 7. The Labute approximate surface area is 146 Å². The fourth-order valence-electron chi connectivity index (χ4n) is 2.62. The van der Waals surface area contributed by atoms with Crippen LogP contribution in [-0.4, -0.2) is 30.4 Å². The molecule has 0 aliphatic carbocycles.